The van der Waals surface area contributed by atoms with E-state index in [1.165, 1.54) is 12.1 Å². The summed E-state index contributed by atoms with van der Waals surface area (Å²) < 4.78 is 13.9. The number of aromatic nitrogens is 3. The fourth-order valence-corrected chi connectivity index (χ4v) is 3.68. The maximum Gasteiger partial charge on any atom is 0.151 e. The van der Waals surface area contributed by atoms with E-state index in [1.807, 2.05) is 30.0 Å². The minimum absolute atomic E-state index is 0.292. The van der Waals surface area contributed by atoms with Crippen LogP contribution >= 0.6 is 11.8 Å². The van der Waals surface area contributed by atoms with Gasteiger partial charge < -0.3 is 4.90 Å². The number of pyridine rings is 1. The van der Waals surface area contributed by atoms with Gasteiger partial charge in [-0.05, 0) is 30.3 Å². The molecule has 0 bridgehead atoms. The lowest BCUT2D eigenvalue weighted by Crippen LogP contribution is -2.33. The van der Waals surface area contributed by atoms with Crippen molar-refractivity contribution in [3.63, 3.8) is 0 Å². The first-order valence-electron chi connectivity index (χ1n) is 7.52. The summed E-state index contributed by atoms with van der Waals surface area (Å²) in [6.45, 7) is 1.98. The van der Waals surface area contributed by atoms with Gasteiger partial charge in [0.15, 0.2) is 5.82 Å². The van der Waals surface area contributed by atoms with Crippen LogP contribution in [0.25, 0.3) is 22.2 Å². The Labute approximate surface area is 137 Å². The summed E-state index contributed by atoms with van der Waals surface area (Å²) in [7, 11) is 0. The summed E-state index contributed by atoms with van der Waals surface area (Å²) in [6, 6.07) is 10.5. The number of thioether (sulfide) groups is 1. The number of hydrogen-bond donors (Lipinski definition) is 0. The molecule has 1 fully saturated rings. The Bertz CT molecular complexity index is 832. The second-order valence-corrected chi connectivity index (χ2v) is 6.63. The molecule has 1 aromatic carbocycles. The van der Waals surface area contributed by atoms with E-state index in [0.29, 0.717) is 11.3 Å². The highest BCUT2D eigenvalue weighted by Crippen LogP contribution is 2.27. The Hall–Kier alpha value is -2.21. The molecular formula is C17H15FN4S. The second kappa shape index (κ2) is 6.12. The third-order valence-electron chi connectivity index (χ3n) is 3.93. The van der Waals surface area contributed by atoms with Crippen LogP contribution in [0.3, 0.4) is 0 Å². The first-order valence-corrected chi connectivity index (χ1v) is 8.68. The van der Waals surface area contributed by atoms with Gasteiger partial charge in [0.25, 0.3) is 0 Å². The summed E-state index contributed by atoms with van der Waals surface area (Å²) in [4.78, 5) is 6.59. The third kappa shape index (κ3) is 2.86. The molecule has 0 spiro atoms. The van der Waals surface area contributed by atoms with Crippen molar-refractivity contribution in [1.82, 2.24) is 15.2 Å². The summed E-state index contributed by atoms with van der Waals surface area (Å²) in [6.07, 6.45) is 1.71. The molecule has 4 rings (SSSR count). The molecule has 2 aromatic heterocycles. The number of hydrogen-bond acceptors (Lipinski definition) is 5. The maximum atomic E-state index is 13.9. The summed E-state index contributed by atoms with van der Waals surface area (Å²) in [5.74, 6) is 2.81. The van der Waals surface area contributed by atoms with E-state index >= 15 is 0 Å². The van der Waals surface area contributed by atoms with Crippen molar-refractivity contribution in [3.05, 3.63) is 48.4 Å². The second-order valence-electron chi connectivity index (χ2n) is 5.40. The molecule has 116 valence electrons. The number of halogens is 1. The fraction of sp³-hybridized carbons (Fsp3) is 0.235. The van der Waals surface area contributed by atoms with Gasteiger partial charge in [-0.25, -0.2) is 4.39 Å². The maximum absolute atomic E-state index is 13.9. The molecule has 6 heteroatoms. The lowest BCUT2D eigenvalue weighted by Gasteiger charge is -2.26. The van der Waals surface area contributed by atoms with Gasteiger partial charge in [-0.1, -0.05) is 6.07 Å². The van der Waals surface area contributed by atoms with Gasteiger partial charge in [0.05, 0.1) is 11.2 Å². The standard InChI is InChI=1S/C17H15FN4S/c18-13-10-12-2-1-5-19-17(12)14(11-13)15-3-4-16(21-20-15)22-6-8-23-9-7-22/h1-5,10-11H,6-9H2. The molecular weight excluding hydrogens is 311 g/mol. The van der Waals surface area contributed by atoms with Crippen molar-refractivity contribution in [1.29, 1.82) is 0 Å². The Morgan fingerprint density at radius 2 is 1.91 bits per heavy atom. The molecule has 0 aliphatic carbocycles. The summed E-state index contributed by atoms with van der Waals surface area (Å²) >= 11 is 1.96. The van der Waals surface area contributed by atoms with Crippen LogP contribution in [0.4, 0.5) is 10.2 Å². The largest absolute Gasteiger partial charge is 0.353 e. The number of anilines is 1. The molecule has 0 N–H and O–H groups in total. The van der Waals surface area contributed by atoms with Gasteiger partial charge in [-0.15, -0.1) is 10.2 Å². The minimum atomic E-state index is -0.292. The molecule has 1 aliphatic rings. The van der Waals surface area contributed by atoms with Gasteiger partial charge in [0.2, 0.25) is 0 Å². The van der Waals surface area contributed by atoms with Gasteiger partial charge in [-0.2, -0.15) is 11.8 Å². The van der Waals surface area contributed by atoms with Crippen molar-refractivity contribution in [2.75, 3.05) is 29.5 Å². The predicted molar refractivity (Wildman–Crippen MR) is 92.3 cm³/mol. The number of nitrogens with zero attached hydrogens (tertiary/aromatic N) is 4. The van der Waals surface area contributed by atoms with Crippen molar-refractivity contribution >= 4 is 28.5 Å². The molecule has 0 amide bonds. The average Bonchev–Trinajstić information content (AvgIpc) is 2.62. The highest BCUT2D eigenvalue weighted by molar-refractivity contribution is 7.99. The minimum Gasteiger partial charge on any atom is -0.353 e. The van der Waals surface area contributed by atoms with Crippen LogP contribution in [-0.4, -0.2) is 39.8 Å². The topological polar surface area (TPSA) is 41.9 Å². The number of benzene rings is 1. The van der Waals surface area contributed by atoms with Crippen LogP contribution in [0.15, 0.2) is 42.6 Å². The zero-order valence-corrected chi connectivity index (χ0v) is 13.3. The first kappa shape index (κ1) is 14.4. The fourth-order valence-electron chi connectivity index (χ4n) is 2.78. The van der Waals surface area contributed by atoms with Crippen molar-refractivity contribution < 1.29 is 4.39 Å². The van der Waals surface area contributed by atoms with Crippen molar-refractivity contribution in [3.8, 4) is 11.3 Å². The molecule has 0 unspecified atom stereocenters. The van der Waals surface area contributed by atoms with E-state index in [4.69, 9.17) is 0 Å². The Morgan fingerprint density at radius 1 is 1.04 bits per heavy atom. The van der Waals surface area contributed by atoms with Gasteiger partial charge >= 0.3 is 0 Å². The van der Waals surface area contributed by atoms with Crippen LogP contribution < -0.4 is 4.90 Å². The van der Waals surface area contributed by atoms with E-state index in [0.717, 1.165) is 41.3 Å². The Balaban J connectivity index is 1.73. The quantitative estimate of drug-likeness (QED) is 0.722. The highest BCUT2D eigenvalue weighted by Gasteiger charge is 2.14. The lowest BCUT2D eigenvalue weighted by atomic mass is 10.1. The smallest absolute Gasteiger partial charge is 0.151 e. The van der Waals surface area contributed by atoms with Gasteiger partial charge in [0.1, 0.15) is 5.82 Å². The molecule has 3 heterocycles. The number of fused-ring (bicyclic) bond motifs is 1. The van der Waals surface area contributed by atoms with Gasteiger partial charge in [-0.3, -0.25) is 4.98 Å². The highest BCUT2D eigenvalue weighted by atomic mass is 32.2. The zero-order valence-electron chi connectivity index (χ0n) is 12.4. The van der Waals surface area contributed by atoms with Gasteiger partial charge in [0, 0.05) is 41.7 Å². The summed E-state index contributed by atoms with van der Waals surface area (Å²) in [5, 5.41) is 9.41. The van der Waals surface area contributed by atoms with E-state index in [2.05, 4.69) is 20.1 Å². The van der Waals surface area contributed by atoms with Crippen LogP contribution in [0.1, 0.15) is 0 Å². The number of rotatable bonds is 2. The molecule has 1 aliphatic heterocycles. The van der Waals surface area contributed by atoms with Crippen LogP contribution in [0, 0.1) is 5.82 Å². The van der Waals surface area contributed by atoms with Crippen molar-refractivity contribution in [2.45, 2.75) is 0 Å². The molecule has 4 nitrogen and oxygen atoms in total. The molecule has 23 heavy (non-hydrogen) atoms. The molecule has 1 saturated heterocycles. The molecule has 0 saturated carbocycles. The van der Waals surface area contributed by atoms with Crippen molar-refractivity contribution in [2.24, 2.45) is 0 Å². The molecule has 3 aromatic rings. The molecule has 0 radical (unpaired) electrons. The van der Waals surface area contributed by atoms with E-state index in [9.17, 15) is 4.39 Å². The summed E-state index contributed by atoms with van der Waals surface area (Å²) in [5.41, 5.74) is 2.06. The first-order chi connectivity index (χ1) is 11.3. The SMILES string of the molecule is Fc1cc(-c2ccc(N3CCSCC3)nn2)c2ncccc2c1. The predicted octanol–water partition coefficient (Wildman–Crippen LogP) is 3.38. The van der Waals surface area contributed by atoms with E-state index in [-0.39, 0.29) is 5.82 Å². The third-order valence-corrected chi connectivity index (χ3v) is 4.87. The van der Waals surface area contributed by atoms with Crippen LogP contribution in [0.2, 0.25) is 0 Å². The zero-order chi connectivity index (χ0) is 15.6. The van der Waals surface area contributed by atoms with Crippen LogP contribution in [-0.2, 0) is 0 Å². The normalized spacial score (nSPS) is 15.1. The molecule has 0 atom stereocenters. The Morgan fingerprint density at radius 3 is 2.70 bits per heavy atom. The van der Waals surface area contributed by atoms with Crippen LogP contribution in [0.5, 0.6) is 0 Å². The van der Waals surface area contributed by atoms with E-state index in [1.54, 1.807) is 12.3 Å². The van der Waals surface area contributed by atoms with E-state index < -0.39 is 0 Å². The monoisotopic (exact) mass is 326 g/mol. The average molecular weight is 326 g/mol. The Kier molecular flexibility index (Phi) is 3.83. The lowest BCUT2D eigenvalue weighted by molar-refractivity contribution is 0.630.